The molecule has 4 nitrogen and oxygen atoms in total. The minimum Gasteiger partial charge on any atom is -0.308 e. The third-order valence-electron chi connectivity index (χ3n) is 3.36. The van der Waals surface area contributed by atoms with Crippen LogP contribution in [0.2, 0.25) is 0 Å². The molecule has 0 bridgehead atoms. The van der Waals surface area contributed by atoms with E-state index in [2.05, 4.69) is 26.3 Å². The maximum absolute atomic E-state index is 5.63. The van der Waals surface area contributed by atoms with Gasteiger partial charge in [0, 0.05) is 11.3 Å². The van der Waals surface area contributed by atoms with Crippen LogP contribution in [0.15, 0.2) is 15.9 Å². The number of nitrogens with one attached hydrogen (secondary N) is 1. The van der Waals surface area contributed by atoms with Gasteiger partial charge in [0.05, 0.1) is 8.66 Å². The number of fused-ring (bicyclic) bond motifs is 1. The zero-order chi connectivity index (χ0) is 13.2. The topological polar surface area (TPSA) is 63.8 Å². The van der Waals surface area contributed by atoms with E-state index in [0.717, 1.165) is 38.8 Å². The van der Waals surface area contributed by atoms with Gasteiger partial charge in [-0.2, -0.15) is 0 Å². The Balaban J connectivity index is 2.09. The summed E-state index contributed by atoms with van der Waals surface area (Å²) in [5, 5.41) is 0. The van der Waals surface area contributed by atoms with Gasteiger partial charge in [-0.25, -0.2) is 15.8 Å². The van der Waals surface area contributed by atoms with Crippen molar-refractivity contribution in [2.75, 3.05) is 5.43 Å². The lowest BCUT2D eigenvalue weighted by Crippen LogP contribution is -2.14. The van der Waals surface area contributed by atoms with E-state index in [0.29, 0.717) is 0 Å². The molecule has 2 heterocycles. The van der Waals surface area contributed by atoms with Gasteiger partial charge in [0.15, 0.2) is 5.82 Å². The van der Waals surface area contributed by atoms with E-state index in [-0.39, 0.29) is 0 Å². The van der Waals surface area contributed by atoms with Crippen molar-refractivity contribution in [3.8, 4) is 10.7 Å². The molecule has 1 aliphatic rings. The van der Waals surface area contributed by atoms with Gasteiger partial charge >= 0.3 is 0 Å². The summed E-state index contributed by atoms with van der Waals surface area (Å²) in [5.74, 6) is 7.18. The van der Waals surface area contributed by atoms with Crippen molar-refractivity contribution in [2.24, 2.45) is 5.84 Å². The van der Waals surface area contributed by atoms with Gasteiger partial charge in [-0.3, -0.25) is 0 Å². The van der Waals surface area contributed by atoms with E-state index in [4.69, 9.17) is 10.8 Å². The number of anilines is 1. The lowest BCUT2D eigenvalue weighted by atomic mass is 10.1. The largest absolute Gasteiger partial charge is 0.308 e. The van der Waals surface area contributed by atoms with Crippen LogP contribution in [0.1, 0.15) is 30.5 Å². The fourth-order valence-electron chi connectivity index (χ4n) is 2.43. The summed E-state index contributed by atoms with van der Waals surface area (Å²) in [6.07, 6.45) is 5.67. The minimum atomic E-state index is 0.768. The molecule has 0 amide bonds. The summed E-state index contributed by atoms with van der Waals surface area (Å²) < 4.78 is 1.09. The van der Waals surface area contributed by atoms with Crippen molar-refractivity contribution in [3.63, 3.8) is 0 Å². The SMILES string of the molecule is NNc1nc(-c2ccc(Br)s2)nc2c1CCCCC2. The fraction of sp³-hybridized carbons (Fsp3) is 0.385. The smallest absolute Gasteiger partial charge is 0.171 e. The number of hydrogen-bond acceptors (Lipinski definition) is 5. The highest BCUT2D eigenvalue weighted by atomic mass is 79.9. The molecule has 2 aromatic heterocycles. The zero-order valence-electron chi connectivity index (χ0n) is 10.4. The van der Waals surface area contributed by atoms with Crippen LogP contribution in [-0.2, 0) is 12.8 Å². The Labute approximate surface area is 124 Å². The van der Waals surface area contributed by atoms with Gasteiger partial charge in [-0.1, -0.05) is 6.42 Å². The highest BCUT2D eigenvalue weighted by Crippen LogP contribution is 2.32. The number of thiophene rings is 1. The van der Waals surface area contributed by atoms with E-state index in [1.165, 1.54) is 24.8 Å². The molecule has 0 atom stereocenters. The number of rotatable bonds is 2. The molecule has 2 aromatic rings. The highest BCUT2D eigenvalue weighted by molar-refractivity contribution is 9.11. The fourth-order valence-corrected chi connectivity index (χ4v) is 3.76. The van der Waals surface area contributed by atoms with Crippen LogP contribution in [0.25, 0.3) is 10.7 Å². The second kappa shape index (κ2) is 5.56. The first-order valence-corrected chi connectivity index (χ1v) is 8.01. The summed E-state index contributed by atoms with van der Waals surface area (Å²) in [6.45, 7) is 0. The normalized spacial score (nSPS) is 14.8. The molecule has 0 aromatic carbocycles. The van der Waals surface area contributed by atoms with Gasteiger partial charge in [-0.05, 0) is 53.7 Å². The zero-order valence-corrected chi connectivity index (χ0v) is 12.9. The van der Waals surface area contributed by atoms with Crippen LogP contribution >= 0.6 is 27.3 Å². The van der Waals surface area contributed by atoms with Crippen molar-refractivity contribution < 1.29 is 0 Å². The molecule has 3 rings (SSSR count). The van der Waals surface area contributed by atoms with E-state index in [9.17, 15) is 0 Å². The number of halogens is 1. The molecular formula is C13H15BrN4S. The number of nitrogens with zero attached hydrogens (tertiary/aromatic N) is 2. The lowest BCUT2D eigenvalue weighted by Gasteiger charge is -2.11. The molecule has 1 aliphatic carbocycles. The number of nitrogen functional groups attached to an aromatic ring is 1. The lowest BCUT2D eigenvalue weighted by molar-refractivity contribution is 0.709. The molecule has 0 unspecified atom stereocenters. The number of aryl methyl sites for hydroxylation is 1. The monoisotopic (exact) mass is 338 g/mol. The summed E-state index contributed by atoms with van der Waals surface area (Å²) in [4.78, 5) is 10.4. The molecule has 0 spiro atoms. The molecule has 100 valence electrons. The Morgan fingerprint density at radius 2 is 2.00 bits per heavy atom. The van der Waals surface area contributed by atoms with Crippen LogP contribution in [0.4, 0.5) is 5.82 Å². The standard InChI is InChI=1S/C13H15BrN4S/c14-11-7-6-10(19-11)13-16-9-5-3-1-2-4-8(9)12(17-13)18-15/h6-7H,1-5,15H2,(H,16,17,18). The Kier molecular flexibility index (Phi) is 3.81. The van der Waals surface area contributed by atoms with Crippen molar-refractivity contribution in [3.05, 3.63) is 27.2 Å². The van der Waals surface area contributed by atoms with Crippen LogP contribution in [0.5, 0.6) is 0 Å². The minimum absolute atomic E-state index is 0.768. The van der Waals surface area contributed by atoms with E-state index in [1.807, 2.05) is 12.1 Å². The van der Waals surface area contributed by atoms with Crippen LogP contribution in [0, 0.1) is 0 Å². The Morgan fingerprint density at radius 1 is 1.16 bits per heavy atom. The molecule has 0 fully saturated rings. The molecule has 3 N–H and O–H groups in total. The number of aromatic nitrogens is 2. The quantitative estimate of drug-likeness (QED) is 0.499. The summed E-state index contributed by atoms with van der Waals surface area (Å²) in [7, 11) is 0. The predicted molar refractivity (Wildman–Crippen MR) is 82.1 cm³/mol. The van der Waals surface area contributed by atoms with Gasteiger partial charge in [0.1, 0.15) is 5.82 Å². The average Bonchev–Trinajstić information content (AvgIpc) is 2.72. The summed E-state index contributed by atoms with van der Waals surface area (Å²) >= 11 is 5.11. The third kappa shape index (κ3) is 2.66. The summed E-state index contributed by atoms with van der Waals surface area (Å²) in [5.41, 5.74) is 5.09. The number of nitrogens with two attached hydrogens (primary N) is 1. The second-order valence-electron chi connectivity index (χ2n) is 4.63. The van der Waals surface area contributed by atoms with E-state index < -0.39 is 0 Å². The first-order chi connectivity index (χ1) is 9.28. The Morgan fingerprint density at radius 3 is 2.74 bits per heavy atom. The third-order valence-corrected chi connectivity index (χ3v) is 4.98. The first-order valence-electron chi connectivity index (χ1n) is 6.40. The maximum Gasteiger partial charge on any atom is 0.171 e. The van der Waals surface area contributed by atoms with Gasteiger partial charge in [0.2, 0.25) is 0 Å². The molecule has 0 saturated carbocycles. The van der Waals surface area contributed by atoms with Crippen molar-refractivity contribution >= 4 is 33.1 Å². The van der Waals surface area contributed by atoms with Gasteiger partial charge < -0.3 is 5.43 Å². The molecular weight excluding hydrogens is 324 g/mol. The molecule has 19 heavy (non-hydrogen) atoms. The van der Waals surface area contributed by atoms with Crippen molar-refractivity contribution in [1.82, 2.24) is 9.97 Å². The molecule has 6 heteroatoms. The number of hydrogen-bond donors (Lipinski definition) is 2. The van der Waals surface area contributed by atoms with Crippen LogP contribution in [0.3, 0.4) is 0 Å². The average molecular weight is 339 g/mol. The second-order valence-corrected chi connectivity index (χ2v) is 7.09. The Hall–Kier alpha value is -0.980. The predicted octanol–water partition coefficient (Wildman–Crippen LogP) is 3.52. The molecule has 0 radical (unpaired) electrons. The molecule has 0 saturated heterocycles. The summed E-state index contributed by atoms with van der Waals surface area (Å²) in [6, 6.07) is 4.05. The molecule has 0 aliphatic heterocycles. The van der Waals surface area contributed by atoms with E-state index >= 15 is 0 Å². The van der Waals surface area contributed by atoms with Gasteiger partial charge in [0.25, 0.3) is 0 Å². The van der Waals surface area contributed by atoms with Crippen molar-refractivity contribution in [1.29, 1.82) is 0 Å². The number of hydrazine groups is 1. The van der Waals surface area contributed by atoms with Crippen LogP contribution in [-0.4, -0.2) is 9.97 Å². The van der Waals surface area contributed by atoms with Crippen molar-refractivity contribution in [2.45, 2.75) is 32.1 Å². The highest BCUT2D eigenvalue weighted by Gasteiger charge is 2.17. The van der Waals surface area contributed by atoms with E-state index in [1.54, 1.807) is 11.3 Å². The Bertz CT molecular complexity index is 596. The van der Waals surface area contributed by atoms with Crippen LogP contribution < -0.4 is 11.3 Å². The first kappa shape index (κ1) is 13.0. The van der Waals surface area contributed by atoms with Gasteiger partial charge in [-0.15, -0.1) is 11.3 Å². The maximum atomic E-state index is 5.63.